The smallest absolute Gasteiger partial charge is 0.332 e. The first kappa shape index (κ1) is 18.4. The third kappa shape index (κ3) is 4.20. The Bertz CT molecular complexity index is 783. The summed E-state index contributed by atoms with van der Waals surface area (Å²) < 4.78 is 19.0. The zero-order valence-electron chi connectivity index (χ0n) is 13.7. The maximum absolute atomic E-state index is 13.7. The van der Waals surface area contributed by atoms with E-state index in [9.17, 15) is 14.0 Å². The monoisotopic (exact) mass is 377 g/mol. The number of hydrogen-bond donors (Lipinski definition) is 2. The van der Waals surface area contributed by atoms with E-state index in [2.05, 4.69) is 5.32 Å². The Hall–Kier alpha value is -2.44. The molecule has 0 radical (unpaired) electrons. The number of benzene rings is 2. The van der Waals surface area contributed by atoms with Crippen molar-refractivity contribution in [2.45, 2.75) is 31.1 Å². The molecule has 1 fully saturated rings. The first-order valence-corrected chi connectivity index (χ1v) is 8.51. The van der Waals surface area contributed by atoms with Crippen LogP contribution < -0.4 is 5.32 Å². The van der Waals surface area contributed by atoms with Gasteiger partial charge in [-0.25, -0.2) is 9.18 Å². The van der Waals surface area contributed by atoms with Gasteiger partial charge in [-0.15, -0.1) is 0 Å². The van der Waals surface area contributed by atoms with Crippen molar-refractivity contribution in [2.75, 3.05) is 0 Å². The van der Waals surface area contributed by atoms with Crippen LogP contribution in [0.15, 0.2) is 48.5 Å². The minimum absolute atomic E-state index is 0.273. The van der Waals surface area contributed by atoms with E-state index in [-0.39, 0.29) is 6.42 Å². The molecule has 3 atom stereocenters. The molecular formula is C19H17ClFNO4. The number of aliphatic carboxylic acids is 1. The highest BCUT2D eigenvalue weighted by molar-refractivity contribution is 6.30. The van der Waals surface area contributed by atoms with Crippen molar-refractivity contribution in [1.29, 1.82) is 0 Å². The van der Waals surface area contributed by atoms with E-state index in [4.69, 9.17) is 21.4 Å². The first-order valence-electron chi connectivity index (χ1n) is 8.13. The van der Waals surface area contributed by atoms with Gasteiger partial charge in [0.15, 0.2) is 6.10 Å². The lowest BCUT2D eigenvalue weighted by molar-refractivity contribution is -0.151. The van der Waals surface area contributed by atoms with Crippen LogP contribution in [0.2, 0.25) is 5.02 Å². The molecule has 0 aliphatic carbocycles. The molecule has 1 amide bonds. The average molecular weight is 378 g/mol. The molecule has 26 heavy (non-hydrogen) atoms. The summed E-state index contributed by atoms with van der Waals surface area (Å²) in [6.45, 7) is 0. The Labute approximate surface area is 154 Å². The van der Waals surface area contributed by atoms with Gasteiger partial charge < -0.3 is 15.2 Å². The van der Waals surface area contributed by atoms with Crippen LogP contribution >= 0.6 is 11.6 Å². The lowest BCUT2D eigenvalue weighted by Gasteiger charge is -2.22. The Balaban J connectivity index is 1.84. The molecule has 5 nitrogen and oxygen atoms in total. The standard InChI is InChI=1S/C19H17ClFNO4/c20-13-5-1-3-11(9-13)17(12-4-2-6-14(21)10-12)22-18(23)15-7-8-16(26-15)19(24)25/h1-6,9-10,15-17H,7-8H2,(H,22,23)(H,24,25)/t15-,16+,17?/m0/s1. The van der Waals surface area contributed by atoms with Crippen LogP contribution in [0.1, 0.15) is 30.0 Å². The minimum Gasteiger partial charge on any atom is -0.479 e. The zero-order valence-corrected chi connectivity index (χ0v) is 14.4. The topological polar surface area (TPSA) is 75.6 Å². The Morgan fingerprint density at radius 3 is 2.38 bits per heavy atom. The molecule has 0 spiro atoms. The van der Waals surface area contributed by atoms with Crippen LogP contribution in [0.25, 0.3) is 0 Å². The van der Waals surface area contributed by atoms with Gasteiger partial charge in [-0.1, -0.05) is 35.9 Å². The van der Waals surface area contributed by atoms with Crippen molar-refractivity contribution in [3.63, 3.8) is 0 Å². The van der Waals surface area contributed by atoms with Crippen LogP contribution in [0.4, 0.5) is 4.39 Å². The molecule has 1 aliphatic heterocycles. The highest BCUT2D eigenvalue weighted by Crippen LogP contribution is 2.27. The maximum atomic E-state index is 13.7. The normalized spacial score (nSPS) is 20.5. The second-order valence-corrected chi connectivity index (χ2v) is 6.52. The van der Waals surface area contributed by atoms with Crippen LogP contribution in [0, 0.1) is 5.82 Å². The number of carbonyl (C=O) groups excluding carboxylic acids is 1. The number of ether oxygens (including phenoxy) is 1. The van der Waals surface area contributed by atoms with Crippen LogP contribution in [-0.2, 0) is 14.3 Å². The molecule has 2 aromatic rings. The van der Waals surface area contributed by atoms with Gasteiger partial charge >= 0.3 is 5.97 Å². The molecule has 1 aliphatic rings. The van der Waals surface area contributed by atoms with Gasteiger partial charge in [0.05, 0.1) is 6.04 Å². The zero-order chi connectivity index (χ0) is 18.7. The number of halogens is 2. The number of carboxylic acids is 1. The van der Waals surface area contributed by atoms with Gasteiger partial charge in [-0.2, -0.15) is 0 Å². The maximum Gasteiger partial charge on any atom is 0.332 e. The quantitative estimate of drug-likeness (QED) is 0.838. The fourth-order valence-corrected chi connectivity index (χ4v) is 3.18. The van der Waals surface area contributed by atoms with E-state index in [1.54, 1.807) is 36.4 Å². The van der Waals surface area contributed by atoms with Crippen LogP contribution in [0.5, 0.6) is 0 Å². The Kier molecular flexibility index (Phi) is 5.54. The second-order valence-electron chi connectivity index (χ2n) is 6.08. The van der Waals surface area contributed by atoms with Crippen LogP contribution in [0.3, 0.4) is 0 Å². The van der Waals surface area contributed by atoms with Crippen molar-refractivity contribution < 1.29 is 23.8 Å². The molecule has 1 unspecified atom stereocenters. The molecule has 3 rings (SSSR count). The molecule has 7 heteroatoms. The SMILES string of the molecule is O=C(NC(c1cccc(F)c1)c1cccc(Cl)c1)[C@@H]1CC[C@H](C(=O)O)O1. The van der Waals surface area contributed by atoms with E-state index in [1.165, 1.54) is 12.1 Å². The molecular weight excluding hydrogens is 361 g/mol. The summed E-state index contributed by atoms with van der Waals surface area (Å²) in [7, 11) is 0. The molecule has 0 bridgehead atoms. The number of amides is 1. The van der Waals surface area contributed by atoms with Gasteiger partial charge in [-0.05, 0) is 48.2 Å². The summed E-state index contributed by atoms with van der Waals surface area (Å²) in [5.41, 5.74) is 1.23. The predicted molar refractivity (Wildman–Crippen MR) is 93.4 cm³/mol. The number of hydrogen-bond acceptors (Lipinski definition) is 3. The van der Waals surface area contributed by atoms with E-state index < -0.39 is 35.9 Å². The second kappa shape index (κ2) is 7.85. The van der Waals surface area contributed by atoms with Gasteiger partial charge in [0.2, 0.25) is 5.91 Å². The van der Waals surface area contributed by atoms with Crippen molar-refractivity contribution in [1.82, 2.24) is 5.32 Å². The van der Waals surface area contributed by atoms with Gasteiger partial charge in [0.25, 0.3) is 0 Å². The summed E-state index contributed by atoms with van der Waals surface area (Å²) in [5.74, 6) is -1.95. The van der Waals surface area contributed by atoms with Crippen LogP contribution in [-0.4, -0.2) is 29.2 Å². The van der Waals surface area contributed by atoms with E-state index in [0.29, 0.717) is 22.6 Å². The van der Waals surface area contributed by atoms with Gasteiger partial charge in [0.1, 0.15) is 11.9 Å². The number of carboxylic acid groups (broad SMARTS) is 1. The van der Waals surface area contributed by atoms with Gasteiger partial charge in [-0.3, -0.25) is 4.79 Å². The molecule has 136 valence electrons. The first-order chi connectivity index (χ1) is 12.4. The predicted octanol–water partition coefficient (Wildman–Crippen LogP) is 3.32. The van der Waals surface area contributed by atoms with E-state index >= 15 is 0 Å². The summed E-state index contributed by atoms with van der Waals surface area (Å²) in [4.78, 5) is 23.6. The molecule has 1 heterocycles. The van der Waals surface area contributed by atoms with Crippen molar-refractivity contribution in [2.24, 2.45) is 0 Å². The third-order valence-corrected chi connectivity index (χ3v) is 4.47. The Morgan fingerprint density at radius 1 is 1.12 bits per heavy atom. The lowest BCUT2D eigenvalue weighted by Crippen LogP contribution is -2.38. The third-order valence-electron chi connectivity index (χ3n) is 4.24. The van der Waals surface area contributed by atoms with E-state index in [0.717, 1.165) is 0 Å². The van der Waals surface area contributed by atoms with Crippen molar-refractivity contribution >= 4 is 23.5 Å². The highest BCUT2D eigenvalue weighted by atomic mass is 35.5. The van der Waals surface area contributed by atoms with Crippen molar-refractivity contribution in [3.8, 4) is 0 Å². The average Bonchev–Trinajstić information content (AvgIpc) is 3.10. The summed E-state index contributed by atoms with van der Waals surface area (Å²) in [5, 5.41) is 12.3. The summed E-state index contributed by atoms with van der Waals surface area (Å²) in [6, 6.07) is 12.2. The molecule has 0 saturated carbocycles. The van der Waals surface area contributed by atoms with Crippen molar-refractivity contribution in [3.05, 3.63) is 70.5 Å². The number of carbonyl (C=O) groups is 2. The molecule has 0 aromatic heterocycles. The summed E-state index contributed by atoms with van der Waals surface area (Å²) >= 11 is 6.05. The lowest BCUT2D eigenvalue weighted by atomic mass is 9.98. The number of rotatable bonds is 5. The van der Waals surface area contributed by atoms with Gasteiger partial charge in [0, 0.05) is 5.02 Å². The largest absolute Gasteiger partial charge is 0.479 e. The number of nitrogens with one attached hydrogen (secondary N) is 1. The Morgan fingerprint density at radius 2 is 1.77 bits per heavy atom. The van der Waals surface area contributed by atoms with E-state index in [1.807, 2.05) is 0 Å². The fourth-order valence-electron chi connectivity index (χ4n) is 2.98. The molecule has 1 saturated heterocycles. The molecule has 2 N–H and O–H groups in total. The minimum atomic E-state index is -1.09. The fraction of sp³-hybridized carbons (Fsp3) is 0.263. The highest BCUT2D eigenvalue weighted by Gasteiger charge is 2.35. The molecule has 2 aromatic carbocycles. The summed E-state index contributed by atoms with van der Waals surface area (Å²) in [6.07, 6.45) is -1.25.